The number of piperidine rings is 1. The van der Waals surface area contributed by atoms with Gasteiger partial charge < -0.3 is 15.0 Å². The Hall–Kier alpha value is -2.81. The standard InChI is InChI=1S/C32H43N3O4Si/c1-40(2,3)31(21-39-22-35-29(36)10-7-11-30(35)37)34-20-26-18-23(12-17-28(26)32(34)38)19-33-27-15-13-25(14-16-27)24-8-5-4-6-9-24/h4-6,8-9,12,17-18,25,27,31,33H,7,10-11,13-16,19-22H2,1-3H3. The number of carbonyl (C=O) groups excluding carboxylic acids is 3. The number of hydrogen-bond acceptors (Lipinski definition) is 5. The van der Waals surface area contributed by atoms with Crippen molar-refractivity contribution in [2.24, 2.45) is 0 Å². The number of likely N-dealkylation sites (tertiary alicyclic amines) is 1. The number of imide groups is 1. The predicted molar refractivity (Wildman–Crippen MR) is 158 cm³/mol. The van der Waals surface area contributed by atoms with Gasteiger partial charge in [-0.05, 0) is 60.8 Å². The van der Waals surface area contributed by atoms with Crippen molar-refractivity contribution in [3.8, 4) is 0 Å². The van der Waals surface area contributed by atoms with Crippen LogP contribution in [0, 0.1) is 0 Å². The molecule has 7 nitrogen and oxygen atoms in total. The molecular formula is C32H43N3O4Si. The van der Waals surface area contributed by atoms with Gasteiger partial charge in [0.25, 0.3) is 5.91 Å². The Kier molecular flexibility index (Phi) is 8.88. The zero-order valence-corrected chi connectivity index (χ0v) is 25.2. The second-order valence-corrected chi connectivity index (χ2v) is 18.1. The zero-order chi connectivity index (χ0) is 28.3. The molecule has 2 fully saturated rings. The fraction of sp³-hybridized carbons (Fsp3) is 0.531. The molecule has 1 unspecified atom stereocenters. The lowest BCUT2D eigenvalue weighted by atomic mass is 9.82. The van der Waals surface area contributed by atoms with E-state index in [-0.39, 0.29) is 30.1 Å². The van der Waals surface area contributed by atoms with Crippen molar-refractivity contribution in [2.45, 2.75) is 95.3 Å². The molecule has 3 aliphatic rings. The van der Waals surface area contributed by atoms with Crippen LogP contribution in [0.4, 0.5) is 0 Å². The van der Waals surface area contributed by atoms with Crippen LogP contribution in [0.1, 0.15) is 77.9 Å². The molecular weight excluding hydrogens is 518 g/mol. The number of nitrogens with zero attached hydrogens (tertiary/aromatic N) is 2. The highest BCUT2D eigenvalue weighted by atomic mass is 28.3. The third-order valence-electron chi connectivity index (χ3n) is 8.85. The molecule has 2 heterocycles. The van der Waals surface area contributed by atoms with Crippen LogP contribution in [0.15, 0.2) is 48.5 Å². The van der Waals surface area contributed by atoms with E-state index in [0.29, 0.717) is 44.4 Å². The third-order valence-corrected chi connectivity index (χ3v) is 11.3. The van der Waals surface area contributed by atoms with E-state index in [1.54, 1.807) is 0 Å². The molecule has 2 aromatic carbocycles. The Balaban J connectivity index is 1.16. The van der Waals surface area contributed by atoms with Gasteiger partial charge in [0.15, 0.2) is 0 Å². The van der Waals surface area contributed by atoms with Gasteiger partial charge in [0.2, 0.25) is 11.8 Å². The Labute approximate surface area is 239 Å². The number of nitrogens with one attached hydrogen (secondary N) is 1. The first-order chi connectivity index (χ1) is 19.2. The van der Waals surface area contributed by atoms with Crippen LogP contribution in [0.5, 0.6) is 0 Å². The Morgan fingerprint density at radius 3 is 2.33 bits per heavy atom. The zero-order valence-electron chi connectivity index (χ0n) is 24.2. The van der Waals surface area contributed by atoms with Crippen molar-refractivity contribution < 1.29 is 19.1 Å². The van der Waals surface area contributed by atoms with Gasteiger partial charge >= 0.3 is 0 Å². The van der Waals surface area contributed by atoms with E-state index in [1.165, 1.54) is 41.7 Å². The highest BCUT2D eigenvalue weighted by Crippen LogP contribution is 2.33. The van der Waals surface area contributed by atoms with Crippen LogP contribution in [-0.2, 0) is 27.4 Å². The van der Waals surface area contributed by atoms with Gasteiger partial charge in [-0.15, -0.1) is 0 Å². The number of ether oxygens (including phenoxy) is 1. The van der Waals surface area contributed by atoms with Crippen LogP contribution in [-0.4, -0.2) is 60.6 Å². The molecule has 0 bridgehead atoms. The van der Waals surface area contributed by atoms with E-state index in [4.69, 9.17) is 4.74 Å². The monoisotopic (exact) mass is 561 g/mol. The van der Waals surface area contributed by atoms with E-state index in [1.807, 2.05) is 11.0 Å². The van der Waals surface area contributed by atoms with Gasteiger partial charge in [0, 0.05) is 43.2 Å². The summed E-state index contributed by atoms with van der Waals surface area (Å²) in [6.45, 7) is 8.37. The molecule has 5 rings (SSSR count). The minimum atomic E-state index is -1.86. The first-order valence-corrected chi connectivity index (χ1v) is 18.4. The second kappa shape index (κ2) is 12.4. The number of fused-ring (bicyclic) bond motifs is 1. The number of hydrogen-bond donors (Lipinski definition) is 1. The summed E-state index contributed by atoms with van der Waals surface area (Å²) in [4.78, 5) is 41.0. The highest BCUT2D eigenvalue weighted by Gasteiger charge is 2.40. The molecule has 2 aromatic rings. The number of rotatable bonds is 10. The van der Waals surface area contributed by atoms with Crippen LogP contribution in [0.25, 0.3) is 0 Å². The van der Waals surface area contributed by atoms with Gasteiger partial charge in [0.05, 0.1) is 14.7 Å². The fourth-order valence-electron chi connectivity index (χ4n) is 6.38. The lowest BCUT2D eigenvalue weighted by Crippen LogP contribution is -2.54. The summed E-state index contributed by atoms with van der Waals surface area (Å²) in [5.74, 6) is 0.377. The van der Waals surface area contributed by atoms with E-state index in [2.05, 4.69) is 67.4 Å². The molecule has 0 aromatic heterocycles. The smallest absolute Gasteiger partial charge is 0.254 e. The van der Waals surface area contributed by atoms with Crippen molar-refractivity contribution in [1.82, 2.24) is 15.1 Å². The van der Waals surface area contributed by atoms with Gasteiger partial charge in [-0.25, -0.2) is 0 Å². The molecule has 1 N–H and O–H groups in total. The number of carbonyl (C=O) groups is 3. The maximum absolute atomic E-state index is 13.5. The predicted octanol–water partition coefficient (Wildman–Crippen LogP) is 5.22. The SMILES string of the molecule is C[Si](C)(C)C(COCN1C(=O)CCCC1=O)N1Cc2cc(CNC3CCC(c4ccccc4)CC3)ccc2C1=O. The minimum absolute atomic E-state index is 0.0310. The summed E-state index contributed by atoms with van der Waals surface area (Å²) in [7, 11) is -1.86. The van der Waals surface area contributed by atoms with Gasteiger partial charge in [-0.1, -0.05) is 62.1 Å². The van der Waals surface area contributed by atoms with E-state index in [9.17, 15) is 14.4 Å². The maximum atomic E-state index is 13.5. The molecule has 0 radical (unpaired) electrons. The topological polar surface area (TPSA) is 79.0 Å². The largest absolute Gasteiger partial charge is 0.359 e. The average Bonchev–Trinajstić information content (AvgIpc) is 3.26. The van der Waals surface area contributed by atoms with Crippen molar-refractivity contribution in [3.05, 3.63) is 70.8 Å². The van der Waals surface area contributed by atoms with E-state index >= 15 is 0 Å². The van der Waals surface area contributed by atoms with Crippen LogP contribution < -0.4 is 5.32 Å². The van der Waals surface area contributed by atoms with Gasteiger partial charge in [0.1, 0.15) is 6.73 Å². The second-order valence-electron chi connectivity index (χ2n) is 12.7. The highest BCUT2D eigenvalue weighted by molar-refractivity contribution is 6.77. The normalized spacial score (nSPS) is 22.5. The average molecular weight is 562 g/mol. The molecule has 40 heavy (non-hydrogen) atoms. The van der Waals surface area contributed by atoms with E-state index < -0.39 is 8.07 Å². The third kappa shape index (κ3) is 6.56. The minimum Gasteiger partial charge on any atom is -0.359 e. The summed E-state index contributed by atoms with van der Waals surface area (Å²) in [6.07, 6.45) is 6.19. The number of benzene rings is 2. The quantitative estimate of drug-likeness (QED) is 0.318. The first-order valence-electron chi connectivity index (χ1n) is 14.8. The Bertz CT molecular complexity index is 1200. The summed E-state index contributed by atoms with van der Waals surface area (Å²) in [5, 5.41) is 3.77. The summed E-state index contributed by atoms with van der Waals surface area (Å²) in [5.41, 5.74) is 4.47. The summed E-state index contributed by atoms with van der Waals surface area (Å²) in [6, 6.07) is 17.6. The van der Waals surface area contributed by atoms with Gasteiger partial charge in [-0.2, -0.15) is 0 Å². The number of amides is 3. The van der Waals surface area contributed by atoms with Crippen LogP contribution in [0.2, 0.25) is 19.6 Å². The molecule has 1 saturated carbocycles. The van der Waals surface area contributed by atoms with Gasteiger partial charge in [-0.3, -0.25) is 19.3 Å². The summed E-state index contributed by atoms with van der Waals surface area (Å²) < 4.78 is 5.94. The Morgan fingerprint density at radius 1 is 0.950 bits per heavy atom. The van der Waals surface area contributed by atoms with Crippen LogP contribution >= 0.6 is 0 Å². The Morgan fingerprint density at radius 2 is 1.65 bits per heavy atom. The van der Waals surface area contributed by atoms with Crippen molar-refractivity contribution in [2.75, 3.05) is 13.3 Å². The lowest BCUT2D eigenvalue weighted by Gasteiger charge is -2.37. The first kappa shape index (κ1) is 28.7. The van der Waals surface area contributed by atoms with Crippen molar-refractivity contribution in [1.29, 1.82) is 0 Å². The molecule has 1 aliphatic carbocycles. The van der Waals surface area contributed by atoms with Crippen molar-refractivity contribution >= 4 is 25.8 Å². The maximum Gasteiger partial charge on any atom is 0.254 e. The lowest BCUT2D eigenvalue weighted by molar-refractivity contribution is -0.154. The molecule has 214 valence electrons. The summed E-state index contributed by atoms with van der Waals surface area (Å²) >= 11 is 0. The van der Waals surface area contributed by atoms with Crippen LogP contribution in [0.3, 0.4) is 0 Å². The molecule has 1 atom stereocenters. The molecule has 0 spiro atoms. The van der Waals surface area contributed by atoms with Crippen molar-refractivity contribution in [3.63, 3.8) is 0 Å². The molecule has 2 aliphatic heterocycles. The molecule has 8 heteroatoms. The molecule has 3 amide bonds. The van der Waals surface area contributed by atoms with E-state index in [0.717, 1.165) is 17.7 Å². The fourth-order valence-corrected chi connectivity index (χ4v) is 8.14. The molecule has 1 saturated heterocycles.